The highest BCUT2D eigenvalue weighted by molar-refractivity contribution is 7.80. The van der Waals surface area contributed by atoms with Crippen LogP contribution in [0, 0.1) is 5.92 Å². The lowest BCUT2D eigenvalue weighted by atomic mass is 9.97. The lowest BCUT2D eigenvalue weighted by Gasteiger charge is -2.31. The largest absolute Gasteiger partial charge is 0.469 e. The number of carbonyl (C=O) groups is 2. The summed E-state index contributed by atoms with van der Waals surface area (Å²) in [4.78, 5) is 26.0. The minimum absolute atomic E-state index is 0.0851. The van der Waals surface area contributed by atoms with Gasteiger partial charge >= 0.3 is 5.97 Å². The number of hydrogen-bond donors (Lipinski definition) is 1. The molecule has 0 aliphatic carbocycles. The Kier molecular flexibility index (Phi) is 4.90. The predicted molar refractivity (Wildman–Crippen MR) is 83.0 cm³/mol. The molecule has 1 atom stereocenters. The Morgan fingerprint density at radius 2 is 1.90 bits per heavy atom. The monoisotopic (exact) mass is 306 g/mol. The summed E-state index contributed by atoms with van der Waals surface area (Å²) in [5, 5.41) is 0. The first-order valence-corrected chi connectivity index (χ1v) is 7.20. The topological polar surface area (TPSA) is 72.6 Å². The molecule has 1 saturated heterocycles. The number of esters is 1. The van der Waals surface area contributed by atoms with Gasteiger partial charge in [-0.1, -0.05) is 24.4 Å². The van der Waals surface area contributed by atoms with Crippen LogP contribution in [0.5, 0.6) is 0 Å². The molecule has 112 valence electrons. The molecule has 1 aliphatic rings. The Bertz CT molecular complexity index is 557. The Hall–Kier alpha value is -1.95. The number of amides is 1. The van der Waals surface area contributed by atoms with Gasteiger partial charge in [-0.2, -0.15) is 0 Å². The maximum Gasteiger partial charge on any atom is 0.310 e. The van der Waals surface area contributed by atoms with Gasteiger partial charge < -0.3 is 15.4 Å². The molecule has 1 aromatic rings. The van der Waals surface area contributed by atoms with E-state index in [1.165, 1.54) is 7.11 Å². The SMILES string of the molecule is COC(=O)C1CCCN(C(=O)c2ccc(C(N)=S)cc2)C1. The van der Waals surface area contributed by atoms with Crippen molar-refractivity contribution in [2.45, 2.75) is 12.8 Å². The predicted octanol–water partition coefficient (Wildman–Crippen LogP) is 1.35. The van der Waals surface area contributed by atoms with E-state index in [-0.39, 0.29) is 17.8 Å². The fraction of sp³-hybridized carbons (Fsp3) is 0.400. The average Bonchev–Trinajstić information content (AvgIpc) is 2.53. The molecule has 1 aromatic carbocycles. The first-order chi connectivity index (χ1) is 10.0. The first kappa shape index (κ1) is 15.4. The third kappa shape index (κ3) is 3.58. The van der Waals surface area contributed by atoms with E-state index in [1.807, 2.05) is 0 Å². The second kappa shape index (κ2) is 6.67. The number of nitrogens with zero attached hydrogens (tertiary/aromatic N) is 1. The molecule has 0 spiro atoms. The van der Waals surface area contributed by atoms with E-state index in [4.69, 9.17) is 22.7 Å². The summed E-state index contributed by atoms with van der Waals surface area (Å²) in [6.07, 6.45) is 1.56. The number of likely N-dealkylation sites (tertiary alicyclic amines) is 1. The average molecular weight is 306 g/mol. The van der Waals surface area contributed by atoms with Gasteiger partial charge in [0.2, 0.25) is 0 Å². The van der Waals surface area contributed by atoms with Gasteiger partial charge in [-0.3, -0.25) is 9.59 Å². The Labute approximate surface area is 129 Å². The molecule has 2 rings (SSSR count). The summed E-state index contributed by atoms with van der Waals surface area (Å²) >= 11 is 4.88. The van der Waals surface area contributed by atoms with Crippen LogP contribution < -0.4 is 5.73 Å². The van der Waals surface area contributed by atoms with Gasteiger partial charge in [0.25, 0.3) is 5.91 Å². The van der Waals surface area contributed by atoms with Crippen LogP contribution in [0.15, 0.2) is 24.3 Å². The zero-order chi connectivity index (χ0) is 15.4. The summed E-state index contributed by atoms with van der Waals surface area (Å²) in [6.45, 7) is 1.06. The third-order valence-electron chi connectivity index (χ3n) is 3.66. The maximum absolute atomic E-state index is 12.4. The molecule has 5 nitrogen and oxygen atoms in total. The van der Waals surface area contributed by atoms with Crippen molar-refractivity contribution in [2.75, 3.05) is 20.2 Å². The molecule has 1 unspecified atom stereocenters. The van der Waals surface area contributed by atoms with Gasteiger partial charge in [0.05, 0.1) is 13.0 Å². The molecule has 1 heterocycles. The van der Waals surface area contributed by atoms with Crippen molar-refractivity contribution in [1.29, 1.82) is 0 Å². The molecule has 1 aliphatic heterocycles. The number of hydrogen-bond acceptors (Lipinski definition) is 4. The van der Waals surface area contributed by atoms with Gasteiger partial charge in [0.15, 0.2) is 0 Å². The van der Waals surface area contributed by atoms with Crippen molar-refractivity contribution in [3.05, 3.63) is 35.4 Å². The Morgan fingerprint density at radius 1 is 1.29 bits per heavy atom. The summed E-state index contributed by atoms with van der Waals surface area (Å²) in [7, 11) is 1.37. The lowest BCUT2D eigenvalue weighted by molar-refractivity contribution is -0.146. The lowest BCUT2D eigenvalue weighted by Crippen LogP contribution is -2.42. The van der Waals surface area contributed by atoms with Crippen molar-refractivity contribution >= 4 is 29.1 Å². The number of carbonyl (C=O) groups excluding carboxylic acids is 2. The van der Waals surface area contributed by atoms with Crippen LogP contribution in [-0.4, -0.2) is 42.0 Å². The zero-order valence-corrected chi connectivity index (χ0v) is 12.7. The highest BCUT2D eigenvalue weighted by Gasteiger charge is 2.29. The molecule has 1 fully saturated rings. The first-order valence-electron chi connectivity index (χ1n) is 6.80. The van der Waals surface area contributed by atoms with Crippen LogP contribution in [0.25, 0.3) is 0 Å². The maximum atomic E-state index is 12.4. The molecule has 0 saturated carbocycles. The minimum Gasteiger partial charge on any atom is -0.469 e. The highest BCUT2D eigenvalue weighted by Crippen LogP contribution is 2.20. The summed E-state index contributed by atoms with van der Waals surface area (Å²) in [5.41, 5.74) is 6.83. The molecule has 21 heavy (non-hydrogen) atoms. The van der Waals surface area contributed by atoms with Crippen molar-refractivity contribution in [1.82, 2.24) is 4.90 Å². The van der Waals surface area contributed by atoms with Crippen LogP contribution in [0.2, 0.25) is 0 Å². The van der Waals surface area contributed by atoms with Crippen LogP contribution in [0.3, 0.4) is 0 Å². The number of ether oxygens (including phenoxy) is 1. The summed E-state index contributed by atoms with van der Waals surface area (Å²) in [6, 6.07) is 6.88. The van der Waals surface area contributed by atoms with Crippen LogP contribution in [0.1, 0.15) is 28.8 Å². The summed E-state index contributed by atoms with van der Waals surface area (Å²) in [5.74, 6) is -0.571. The number of rotatable bonds is 3. The molecule has 0 bridgehead atoms. The quantitative estimate of drug-likeness (QED) is 0.674. The summed E-state index contributed by atoms with van der Waals surface area (Å²) < 4.78 is 4.76. The van der Waals surface area contributed by atoms with E-state index in [0.29, 0.717) is 23.6 Å². The minimum atomic E-state index is -0.253. The molecule has 1 amide bonds. The van der Waals surface area contributed by atoms with E-state index >= 15 is 0 Å². The van der Waals surface area contributed by atoms with Crippen LogP contribution >= 0.6 is 12.2 Å². The number of methoxy groups -OCH3 is 1. The molecular formula is C15H18N2O3S. The zero-order valence-electron chi connectivity index (χ0n) is 11.9. The third-order valence-corrected chi connectivity index (χ3v) is 3.90. The van der Waals surface area contributed by atoms with Gasteiger partial charge in [0.1, 0.15) is 4.99 Å². The standard InChI is InChI=1S/C15H18N2O3S/c1-20-15(19)12-3-2-8-17(9-12)14(18)11-6-4-10(5-7-11)13(16)21/h4-7,12H,2-3,8-9H2,1H3,(H2,16,21). The number of nitrogens with two attached hydrogens (primary N) is 1. The van der Waals surface area contributed by atoms with Crippen molar-refractivity contribution in [3.8, 4) is 0 Å². The molecule has 6 heteroatoms. The van der Waals surface area contributed by atoms with Gasteiger partial charge in [0, 0.05) is 24.2 Å². The van der Waals surface area contributed by atoms with Gasteiger partial charge in [-0.15, -0.1) is 0 Å². The number of piperidine rings is 1. The van der Waals surface area contributed by atoms with E-state index in [9.17, 15) is 9.59 Å². The van der Waals surface area contributed by atoms with E-state index in [1.54, 1.807) is 29.2 Å². The van der Waals surface area contributed by atoms with Crippen molar-refractivity contribution < 1.29 is 14.3 Å². The second-order valence-electron chi connectivity index (χ2n) is 5.06. The van der Waals surface area contributed by atoms with Gasteiger partial charge in [-0.25, -0.2) is 0 Å². The van der Waals surface area contributed by atoms with E-state index in [0.717, 1.165) is 18.4 Å². The Balaban J connectivity index is 2.08. The smallest absolute Gasteiger partial charge is 0.310 e. The van der Waals surface area contributed by atoms with E-state index < -0.39 is 0 Å². The fourth-order valence-electron chi connectivity index (χ4n) is 2.48. The van der Waals surface area contributed by atoms with Crippen LogP contribution in [-0.2, 0) is 9.53 Å². The molecule has 0 radical (unpaired) electrons. The Morgan fingerprint density at radius 3 is 2.48 bits per heavy atom. The van der Waals surface area contributed by atoms with Crippen molar-refractivity contribution in [3.63, 3.8) is 0 Å². The normalized spacial score (nSPS) is 18.1. The second-order valence-corrected chi connectivity index (χ2v) is 5.49. The van der Waals surface area contributed by atoms with Crippen molar-refractivity contribution in [2.24, 2.45) is 11.7 Å². The fourth-order valence-corrected chi connectivity index (χ4v) is 2.62. The number of benzene rings is 1. The van der Waals surface area contributed by atoms with Crippen LogP contribution in [0.4, 0.5) is 0 Å². The highest BCUT2D eigenvalue weighted by atomic mass is 32.1. The van der Waals surface area contributed by atoms with E-state index in [2.05, 4.69) is 0 Å². The number of thiocarbonyl (C=S) groups is 1. The molecular weight excluding hydrogens is 288 g/mol. The molecule has 2 N–H and O–H groups in total. The molecule has 0 aromatic heterocycles. The van der Waals surface area contributed by atoms with Gasteiger partial charge in [-0.05, 0) is 25.0 Å².